The summed E-state index contributed by atoms with van der Waals surface area (Å²) in [6, 6.07) is 41.2. The molecule has 0 spiro atoms. The lowest BCUT2D eigenvalue weighted by Crippen LogP contribution is -2.50. The number of carbonyl (C=O) groups excluding carboxylic acids is 3. The van der Waals surface area contributed by atoms with Gasteiger partial charge in [-0.25, -0.2) is 4.79 Å². The van der Waals surface area contributed by atoms with Crippen LogP contribution >= 0.6 is 11.6 Å². The van der Waals surface area contributed by atoms with Crippen LogP contribution in [0, 0.1) is 0 Å². The van der Waals surface area contributed by atoms with Gasteiger partial charge in [0, 0.05) is 47.8 Å². The van der Waals surface area contributed by atoms with Gasteiger partial charge in [-0.15, -0.1) is 0 Å². The van der Waals surface area contributed by atoms with Crippen molar-refractivity contribution in [1.82, 2.24) is 9.80 Å². The van der Waals surface area contributed by atoms with Crippen LogP contribution in [0.25, 0.3) is 11.1 Å². The number of halogens is 1. The molecule has 258 valence electrons. The molecule has 0 aromatic heterocycles. The Bertz CT molecular complexity index is 1940. The molecular formula is C43H39ClN2O5. The highest BCUT2D eigenvalue weighted by Gasteiger charge is 2.44. The van der Waals surface area contributed by atoms with Crippen LogP contribution in [0.4, 0.5) is 4.79 Å². The molecule has 0 bridgehead atoms. The van der Waals surface area contributed by atoms with E-state index in [1.165, 1.54) is 11.9 Å². The minimum absolute atomic E-state index is 0.0872. The maximum absolute atomic E-state index is 14.4. The van der Waals surface area contributed by atoms with Crippen molar-refractivity contribution in [2.24, 2.45) is 0 Å². The molecule has 0 radical (unpaired) electrons. The molecule has 7 nitrogen and oxygen atoms in total. The Kier molecular flexibility index (Phi) is 9.91. The van der Waals surface area contributed by atoms with Crippen molar-refractivity contribution < 1.29 is 23.9 Å². The van der Waals surface area contributed by atoms with Crippen molar-refractivity contribution in [2.75, 3.05) is 26.7 Å². The molecule has 0 N–H and O–H groups in total. The lowest BCUT2D eigenvalue weighted by molar-refractivity contribution is -0.157. The SMILES string of the molecule is CN(C(=O)OCC1c2ccccc2-c2ccccc21)[C@H](CC(=O)OC(c1ccccc1)(c1ccccc1)c1ccccc1Cl)C(=O)N1CCCC1. The van der Waals surface area contributed by atoms with Gasteiger partial charge in [0.2, 0.25) is 5.91 Å². The molecule has 1 aliphatic carbocycles. The second-order valence-electron chi connectivity index (χ2n) is 13.0. The average molecular weight is 699 g/mol. The number of amides is 2. The van der Waals surface area contributed by atoms with Crippen LogP contribution in [0.1, 0.15) is 53.0 Å². The van der Waals surface area contributed by atoms with E-state index in [-0.39, 0.29) is 24.9 Å². The fourth-order valence-corrected chi connectivity index (χ4v) is 7.74. The number of fused-ring (bicyclic) bond motifs is 3. The van der Waals surface area contributed by atoms with Gasteiger partial charge in [-0.2, -0.15) is 0 Å². The molecule has 8 heteroatoms. The van der Waals surface area contributed by atoms with E-state index in [1.807, 2.05) is 103 Å². The van der Waals surface area contributed by atoms with E-state index in [0.29, 0.717) is 34.8 Å². The maximum atomic E-state index is 14.4. The molecule has 2 amide bonds. The van der Waals surface area contributed by atoms with Crippen LogP contribution in [0.3, 0.4) is 0 Å². The van der Waals surface area contributed by atoms with E-state index in [2.05, 4.69) is 24.3 Å². The summed E-state index contributed by atoms with van der Waals surface area (Å²) in [6.07, 6.45) is 0.637. The minimum Gasteiger partial charge on any atom is -0.448 e. The van der Waals surface area contributed by atoms with E-state index in [4.69, 9.17) is 21.1 Å². The summed E-state index contributed by atoms with van der Waals surface area (Å²) in [7, 11) is 1.51. The van der Waals surface area contributed by atoms with Crippen molar-refractivity contribution in [3.05, 3.63) is 166 Å². The predicted molar refractivity (Wildman–Crippen MR) is 197 cm³/mol. The van der Waals surface area contributed by atoms with Gasteiger partial charge in [0.1, 0.15) is 12.6 Å². The number of likely N-dealkylation sites (tertiary alicyclic amines) is 1. The molecule has 1 atom stereocenters. The summed E-state index contributed by atoms with van der Waals surface area (Å²) in [4.78, 5) is 45.2. The summed E-state index contributed by atoms with van der Waals surface area (Å²) < 4.78 is 12.5. The summed E-state index contributed by atoms with van der Waals surface area (Å²) >= 11 is 6.86. The fourth-order valence-electron chi connectivity index (χ4n) is 7.47. The minimum atomic E-state index is -1.44. The quantitative estimate of drug-likeness (QED) is 0.108. The Morgan fingerprint density at radius 2 is 1.25 bits per heavy atom. The average Bonchev–Trinajstić information content (AvgIpc) is 3.83. The number of nitrogens with zero attached hydrogens (tertiary/aromatic N) is 2. The van der Waals surface area contributed by atoms with Crippen LogP contribution in [-0.2, 0) is 24.7 Å². The third kappa shape index (κ3) is 6.62. The van der Waals surface area contributed by atoms with Gasteiger partial charge in [-0.3, -0.25) is 14.5 Å². The molecule has 0 unspecified atom stereocenters. The highest BCUT2D eigenvalue weighted by molar-refractivity contribution is 6.31. The molecule has 1 fully saturated rings. The lowest BCUT2D eigenvalue weighted by Gasteiger charge is -2.37. The van der Waals surface area contributed by atoms with Crippen LogP contribution in [0.2, 0.25) is 5.02 Å². The van der Waals surface area contributed by atoms with Crippen molar-refractivity contribution in [3.8, 4) is 11.1 Å². The molecule has 7 rings (SSSR count). The van der Waals surface area contributed by atoms with Crippen LogP contribution < -0.4 is 0 Å². The Balaban J connectivity index is 1.18. The molecular weight excluding hydrogens is 660 g/mol. The van der Waals surface area contributed by atoms with Crippen molar-refractivity contribution in [2.45, 2.75) is 36.8 Å². The van der Waals surface area contributed by atoms with Gasteiger partial charge in [0.05, 0.1) is 6.42 Å². The van der Waals surface area contributed by atoms with Crippen LogP contribution in [0.15, 0.2) is 133 Å². The Labute approximate surface area is 303 Å². The third-order valence-corrected chi connectivity index (χ3v) is 10.4. The predicted octanol–water partition coefficient (Wildman–Crippen LogP) is 8.44. The number of hydrogen-bond acceptors (Lipinski definition) is 5. The molecule has 2 aliphatic rings. The standard InChI is InChI=1S/C43H39ClN2O5/c1-45(42(49)50-29-36-34-22-10-8-20-32(34)33-21-9-11-23-35(33)36)39(41(48)46-26-14-15-27-46)28-40(47)51-43(30-16-4-2-5-17-30,31-18-6-3-7-19-31)37-24-12-13-25-38(37)44/h2-13,16-25,36,39H,14-15,26-29H2,1H3/t39-/m1/s1. The molecule has 51 heavy (non-hydrogen) atoms. The second kappa shape index (κ2) is 14.8. The second-order valence-corrected chi connectivity index (χ2v) is 13.4. The number of hydrogen-bond donors (Lipinski definition) is 0. The first kappa shape index (κ1) is 34.1. The molecule has 1 heterocycles. The zero-order valence-corrected chi connectivity index (χ0v) is 29.2. The maximum Gasteiger partial charge on any atom is 0.410 e. The van der Waals surface area contributed by atoms with E-state index in [1.54, 1.807) is 11.0 Å². The smallest absolute Gasteiger partial charge is 0.410 e. The molecule has 5 aromatic carbocycles. The van der Waals surface area contributed by atoms with Gasteiger partial charge in [0.25, 0.3) is 0 Å². The summed E-state index contributed by atoms with van der Waals surface area (Å²) in [6.45, 7) is 1.20. The number of esters is 1. The Hall–Kier alpha value is -5.40. The highest BCUT2D eigenvalue weighted by atomic mass is 35.5. The van der Waals surface area contributed by atoms with Crippen molar-refractivity contribution >= 4 is 29.6 Å². The Morgan fingerprint density at radius 1 is 0.745 bits per heavy atom. The van der Waals surface area contributed by atoms with Gasteiger partial charge >= 0.3 is 12.1 Å². The normalized spacial score (nSPS) is 14.4. The summed E-state index contributed by atoms with van der Waals surface area (Å²) in [5.74, 6) is -1.14. The molecule has 0 saturated carbocycles. The monoisotopic (exact) mass is 698 g/mol. The van der Waals surface area contributed by atoms with E-state index in [9.17, 15) is 14.4 Å². The van der Waals surface area contributed by atoms with Crippen molar-refractivity contribution in [3.63, 3.8) is 0 Å². The Morgan fingerprint density at radius 3 is 1.82 bits per heavy atom. The zero-order chi connectivity index (χ0) is 35.4. The molecule has 1 aliphatic heterocycles. The van der Waals surface area contributed by atoms with E-state index >= 15 is 0 Å². The first-order valence-electron chi connectivity index (χ1n) is 17.3. The summed E-state index contributed by atoms with van der Waals surface area (Å²) in [5, 5.41) is 0.415. The number of likely N-dealkylation sites (N-methyl/N-ethyl adjacent to an activating group) is 1. The van der Waals surface area contributed by atoms with Gasteiger partial charge in [-0.1, -0.05) is 139 Å². The number of rotatable bonds is 10. The van der Waals surface area contributed by atoms with Gasteiger partial charge in [-0.05, 0) is 41.2 Å². The van der Waals surface area contributed by atoms with Crippen LogP contribution in [-0.4, -0.2) is 60.6 Å². The number of carbonyl (C=O) groups is 3. The number of benzene rings is 5. The first-order valence-corrected chi connectivity index (χ1v) is 17.7. The largest absolute Gasteiger partial charge is 0.448 e. The number of ether oxygens (including phenoxy) is 2. The topological polar surface area (TPSA) is 76.1 Å². The molecule has 5 aromatic rings. The first-order chi connectivity index (χ1) is 24.9. The van der Waals surface area contributed by atoms with Gasteiger partial charge < -0.3 is 14.4 Å². The van der Waals surface area contributed by atoms with Gasteiger partial charge in [0.15, 0.2) is 5.60 Å². The fraction of sp³-hybridized carbons (Fsp3) is 0.233. The lowest BCUT2D eigenvalue weighted by atomic mass is 9.80. The third-order valence-electron chi connectivity index (χ3n) is 10.0. The zero-order valence-electron chi connectivity index (χ0n) is 28.4. The highest BCUT2D eigenvalue weighted by Crippen LogP contribution is 2.45. The van der Waals surface area contributed by atoms with Crippen LogP contribution in [0.5, 0.6) is 0 Å². The van der Waals surface area contributed by atoms with Crippen molar-refractivity contribution in [1.29, 1.82) is 0 Å². The van der Waals surface area contributed by atoms with E-state index in [0.717, 1.165) is 35.1 Å². The van der Waals surface area contributed by atoms with E-state index < -0.39 is 23.7 Å². The molecule has 1 saturated heterocycles. The summed E-state index contributed by atoms with van der Waals surface area (Å²) in [5.41, 5.74) is 4.90.